The van der Waals surface area contributed by atoms with E-state index in [9.17, 15) is 40.9 Å². The highest BCUT2D eigenvalue weighted by Crippen LogP contribution is 2.71. The van der Waals surface area contributed by atoms with Gasteiger partial charge in [-0.1, -0.05) is 27.7 Å². The lowest BCUT2D eigenvalue weighted by atomic mass is 9.44. The van der Waals surface area contributed by atoms with Crippen LogP contribution in [0.2, 0.25) is 0 Å². The molecule has 4 aliphatic heterocycles. The summed E-state index contributed by atoms with van der Waals surface area (Å²) in [6.45, 7) is 10.7. The van der Waals surface area contributed by atoms with Crippen molar-refractivity contribution in [2.45, 2.75) is 178 Å². The fourth-order valence-corrected chi connectivity index (χ4v) is 13.2. The van der Waals surface area contributed by atoms with E-state index < -0.39 is 92.1 Å². The van der Waals surface area contributed by atoms with E-state index in [1.165, 1.54) is 6.92 Å². The van der Waals surface area contributed by atoms with Crippen LogP contribution in [0.3, 0.4) is 0 Å². The molecular formula is C39H64O14. The van der Waals surface area contributed by atoms with Crippen molar-refractivity contribution < 1.29 is 69.3 Å². The molecule has 1 spiro atoms. The van der Waals surface area contributed by atoms with Gasteiger partial charge in [0.15, 0.2) is 18.4 Å². The topological polar surface area (TPSA) is 217 Å². The maximum absolute atomic E-state index is 12.1. The van der Waals surface area contributed by atoms with E-state index in [0.29, 0.717) is 37.2 Å². The van der Waals surface area contributed by atoms with Gasteiger partial charge in [0, 0.05) is 18.3 Å². The number of ether oxygens (including phenoxy) is 6. The minimum atomic E-state index is -1.65. The van der Waals surface area contributed by atoms with Gasteiger partial charge in [-0.2, -0.15) is 0 Å². The van der Waals surface area contributed by atoms with Crippen molar-refractivity contribution in [2.24, 2.45) is 52.3 Å². The van der Waals surface area contributed by atoms with Crippen LogP contribution < -0.4 is 0 Å². The third kappa shape index (κ3) is 6.03. The molecule has 0 bridgehead atoms. The second-order valence-electron chi connectivity index (χ2n) is 18.9. The summed E-state index contributed by atoms with van der Waals surface area (Å²) in [5.74, 6) is 1.29. The number of aliphatic hydroxyl groups is 8. The van der Waals surface area contributed by atoms with E-state index in [-0.39, 0.29) is 40.6 Å². The van der Waals surface area contributed by atoms with Gasteiger partial charge in [0.2, 0.25) is 0 Å². The molecule has 4 saturated carbocycles. The average molecular weight is 757 g/mol. The number of rotatable bonds is 5. The van der Waals surface area contributed by atoms with Gasteiger partial charge < -0.3 is 69.3 Å². The van der Waals surface area contributed by atoms with Gasteiger partial charge in [0.25, 0.3) is 0 Å². The van der Waals surface area contributed by atoms with E-state index in [2.05, 4.69) is 27.7 Å². The van der Waals surface area contributed by atoms with Crippen LogP contribution in [0.1, 0.15) is 86.0 Å². The zero-order chi connectivity index (χ0) is 37.9. The molecular weight excluding hydrogens is 692 g/mol. The lowest BCUT2D eigenvalue weighted by molar-refractivity contribution is -0.364. The Morgan fingerprint density at radius 2 is 1.43 bits per heavy atom. The second-order valence-corrected chi connectivity index (χ2v) is 18.9. The lowest BCUT2D eigenvalue weighted by Gasteiger charge is -2.62. The maximum atomic E-state index is 12.1. The molecule has 4 saturated heterocycles. The Kier molecular flexibility index (Phi) is 10.4. The van der Waals surface area contributed by atoms with Gasteiger partial charge in [-0.05, 0) is 92.3 Å². The van der Waals surface area contributed by atoms with Crippen molar-refractivity contribution in [1.29, 1.82) is 0 Å². The molecule has 0 aromatic heterocycles. The molecule has 304 valence electrons. The molecule has 4 heterocycles. The zero-order valence-electron chi connectivity index (χ0n) is 31.7. The summed E-state index contributed by atoms with van der Waals surface area (Å²) in [5, 5.41) is 87.0. The predicted octanol–water partition coefficient (Wildman–Crippen LogP) is 0.411. The summed E-state index contributed by atoms with van der Waals surface area (Å²) in [7, 11) is 0. The van der Waals surface area contributed by atoms with Crippen LogP contribution in [0.15, 0.2) is 0 Å². The van der Waals surface area contributed by atoms with E-state index in [1.54, 1.807) is 0 Å². The summed E-state index contributed by atoms with van der Waals surface area (Å²) in [5.41, 5.74) is -0.255. The first-order valence-corrected chi connectivity index (χ1v) is 20.4. The Morgan fingerprint density at radius 3 is 2.13 bits per heavy atom. The summed E-state index contributed by atoms with van der Waals surface area (Å²) in [4.78, 5) is 0. The molecule has 8 N–H and O–H groups in total. The molecule has 24 atom stereocenters. The molecule has 8 fully saturated rings. The number of hydrogen-bond acceptors (Lipinski definition) is 14. The quantitative estimate of drug-likeness (QED) is 0.179. The highest BCUT2D eigenvalue weighted by Gasteiger charge is 2.72. The molecule has 14 heteroatoms. The Labute approximate surface area is 312 Å². The SMILES string of the molecule is C[C@@H]1CC[C@@]2(OC1)O[C@H]1[C@@H](O)[C@H]3[C@@H]4CC[C@H]5C[C@@H](O[C@@H]6O[C@H](CO)[C@H](O[C@@H]7O[C@H](C)[C@@H](O)[C@H](O)[C@H]7O)[C@H](O)[C@H]6O)[C@H](O)C[C@]5(C)[C@H]4CC[C@]3(C)[C@H]1[C@@H]2C. The fraction of sp³-hybridized carbons (Fsp3) is 1.00. The molecule has 0 unspecified atom stereocenters. The second kappa shape index (κ2) is 14.1. The van der Waals surface area contributed by atoms with Crippen LogP contribution in [-0.4, -0.2) is 146 Å². The van der Waals surface area contributed by atoms with Crippen molar-refractivity contribution in [1.82, 2.24) is 0 Å². The highest BCUT2D eigenvalue weighted by atomic mass is 16.7. The van der Waals surface area contributed by atoms with Crippen LogP contribution in [0.5, 0.6) is 0 Å². The molecule has 14 nitrogen and oxygen atoms in total. The number of aliphatic hydroxyl groups excluding tert-OH is 8. The minimum absolute atomic E-state index is 0.0661. The monoisotopic (exact) mass is 756 g/mol. The Hall–Kier alpha value is -0.560. The fourth-order valence-electron chi connectivity index (χ4n) is 13.2. The predicted molar refractivity (Wildman–Crippen MR) is 184 cm³/mol. The van der Waals surface area contributed by atoms with Crippen LogP contribution in [0.4, 0.5) is 0 Å². The number of hydrogen-bond donors (Lipinski definition) is 8. The molecule has 8 aliphatic rings. The summed E-state index contributed by atoms with van der Waals surface area (Å²) < 4.78 is 36.7. The Morgan fingerprint density at radius 1 is 0.717 bits per heavy atom. The van der Waals surface area contributed by atoms with Gasteiger partial charge in [0.1, 0.15) is 42.7 Å². The van der Waals surface area contributed by atoms with E-state index in [0.717, 1.165) is 38.5 Å². The van der Waals surface area contributed by atoms with Crippen molar-refractivity contribution in [3.05, 3.63) is 0 Å². The molecule has 0 radical (unpaired) electrons. The van der Waals surface area contributed by atoms with Crippen LogP contribution >= 0.6 is 0 Å². The zero-order valence-corrected chi connectivity index (χ0v) is 31.7. The molecule has 4 aliphatic carbocycles. The van der Waals surface area contributed by atoms with Gasteiger partial charge in [-0.3, -0.25) is 0 Å². The first-order valence-electron chi connectivity index (χ1n) is 20.4. The van der Waals surface area contributed by atoms with Crippen molar-refractivity contribution in [3.8, 4) is 0 Å². The number of fused-ring (bicyclic) bond motifs is 7. The molecule has 0 aromatic carbocycles. The van der Waals surface area contributed by atoms with Crippen LogP contribution in [0.25, 0.3) is 0 Å². The summed E-state index contributed by atoms with van der Waals surface area (Å²) >= 11 is 0. The van der Waals surface area contributed by atoms with Crippen LogP contribution in [0, 0.1) is 52.3 Å². The first kappa shape index (κ1) is 39.3. The Balaban J connectivity index is 0.928. The van der Waals surface area contributed by atoms with Gasteiger partial charge >= 0.3 is 0 Å². The van der Waals surface area contributed by atoms with Gasteiger partial charge in [-0.15, -0.1) is 0 Å². The molecule has 0 aromatic rings. The highest BCUT2D eigenvalue weighted by molar-refractivity contribution is 5.19. The van der Waals surface area contributed by atoms with Crippen molar-refractivity contribution in [2.75, 3.05) is 13.2 Å². The molecule has 8 rings (SSSR count). The Bertz CT molecular complexity index is 1310. The standard InChI is InChI=1S/C39H64O14/c1-16-8-11-39(48-15-16)17(2)25-34(53-39)28(43)26-20-7-6-19-12-23(22(41)13-38(19,5)21(20)9-10-37(25,26)4)50-36-32(47)30(45)33(24(14-40)51-36)52-35-31(46)29(44)27(42)18(3)49-35/h16-36,40-47H,6-15H2,1-5H3/t16-,17+,18-,19+,20-,21+,22-,23-,24-,25+,26-,27-,28+,29+,30-,31-,32-,33+,34-,35+,36-,37-,38+,39-/m1/s1. The van der Waals surface area contributed by atoms with E-state index in [4.69, 9.17) is 28.4 Å². The van der Waals surface area contributed by atoms with Crippen molar-refractivity contribution >= 4 is 0 Å². The third-order valence-electron chi connectivity index (χ3n) is 16.2. The van der Waals surface area contributed by atoms with E-state index in [1.807, 2.05) is 0 Å². The van der Waals surface area contributed by atoms with Gasteiger partial charge in [0.05, 0.1) is 43.7 Å². The summed E-state index contributed by atoms with van der Waals surface area (Å²) in [6.07, 6.45) is -9.67. The maximum Gasteiger partial charge on any atom is 0.187 e. The lowest BCUT2D eigenvalue weighted by Crippen LogP contribution is -2.65. The smallest absolute Gasteiger partial charge is 0.187 e. The van der Waals surface area contributed by atoms with Crippen molar-refractivity contribution in [3.63, 3.8) is 0 Å². The normalized spacial score (nSPS) is 61.0. The van der Waals surface area contributed by atoms with Gasteiger partial charge in [-0.25, -0.2) is 0 Å². The third-order valence-corrected chi connectivity index (χ3v) is 16.2. The average Bonchev–Trinajstić information content (AvgIpc) is 3.54. The first-order chi connectivity index (χ1) is 25.0. The largest absolute Gasteiger partial charge is 0.394 e. The molecule has 0 amide bonds. The van der Waals surface area contributed by atoms with Crippen LogP contribution in [-0.2, 0) is 28.4 Å². The summed E-state index contributed by atoms with van der Waals surface area (Å²) in [6, 6.07) is 0. The minimum Gasteiger partial charge on any atom is -0.394 e. The molecule has 53 heavy (non-hydrogen) atoms. The van der Waals surface area contributed by atoms with E-state index >= 15 is 0 Å².